The Balaban J connectivity index is 1.44. The molecular weight excluding hydrogens is 304 g/mol. The number of furan rings is 1. The largest absolute Gasteiger partial charge is 0.459 e. The standard InChI is InChI=1S/C18H26N4O2/c1-14-15-5-2-3-6-16(15)24-17(14)13-21-18(19)20-7-4-8-22-9-11-23-12-10-22/h2-3,5-6H,4,7-13H2,1H3,(H3,19,20,21). The smallest absolute Gasteiger partial charge is 0.189 e. The third kappa shape index (κ3) is 4.27. The fourth-order valence-corrected chi connectivity index (χ4v) is 2.93. The molecule has 0 spiro atoms. The molecule has 2 heterocycles. The van der Waals surface area contributed by atoms with E-state index in [1.54, 1.807) is 0 Å². The Morgan fingerprint density at radius 2 is 2.08 bits per heavy atom. The van der Waals surface area contributed by atoms with Gasteiger partial charge in [0.25, 0.3) is 0 Å². The number of nitrogens with two attached hydrogens (primary N) is 1. The summed E-state index contributed by atoms with van der Waals surface area (Å²) >= 11 is 0. The van der Waals surface area contributed by atoms with E-state index in [0.29, 0.717) is 12.5 Å². The number of fused-ring (bicyclic) bond motifs is 1. The molecule has 1 aromatic carbocycles. The highest BCUT2D eigenvalue weighted by Gasteiger charge is 2.10. The summed E-state index contributed by atoms with van der Waals surface area (Å²) in [6, 6.07) is 8.03. The molecule has 6 heteroatoms. The first-order valence-electron chi connectivity index (χ1n) is 8.55. The van der Waals surface area contributed by atoms with E-state index in [9.17, 15) is 0 Å². The molecule has 1 aromatic heterocycles. The third-order valence-electron chi connectivity index (χ3n) is 4.40. The van der Waals surface area contributed by atoms with Gasteiger partial charge in [-0.3, -0.25) is 4.90 Å². The van der Waals surface area contributed by atoms with Crippen molar-refractivity contribution in [3.8, 4) is 0 Å². The average Bonchev–Trinajstić information content (AvgIpc) is 2.94. The van der Waals surface area contributed by atoms with Crippen molar-refractivity contribution in [2.75, 3.05) is 39.4 Å². The average molecular weight is 330 g/mol. The predicted octanol–water partition coefficient (Wildman–Crippen LogP) is 1.87. The van der Waals surface area contributed by atoms with Gasteiger partial charge in [-0.2, -0.15) is 0 Å². The maximum atomic E-state index is 5.95. The van der Waals surface area contributed by atoms with Crippen LogP contribution in [0.5, 0.6) is 0 Å². The van der Waals surface area contributed by atoms with Gasteiger partial charge in [-0.25, -0.2) is 4.99 Å². The van der Waals surface area contributed by atoms with E-state index in [2.05, 4.69) is 28.2 Å². The Kier molecular flexibility index (Phi) is 5.72. The molecule has 6 nitrogen and oxygen atoms in total. The number of aryl methyl sites for hydroxylation is 1. The summed E-state index contributed by atoms with van der Waals surface area (Å²) in [4.78, 5) is 6.80. The van der Waals surface area contributed by atoms with Crippen molar-refractivity contribution < 1.29 is 9.15 Å². The van der Waals surface area contributed by atoms with E-state index < -0.39 is 0 Å². The fourth-order valence-electron chi connectivity index (χ4n) is 2.93. The van der Waals surface area contributed by atoms with E-state index in [1.165, 1.54) is 0 Å². The van der Waals surface area contributed by atoms with Crippen molar-refractivity contribution in [1.29, 1.82) is 0 Å². The normalized spacial score (nSPS) is 16.6. The first kappa shape index (κ1) is 16.8. The van der Waals surface area contributed by atoms with Gasteiger partial charge in [0.05, 0.1) is 13.2 Å². The van der Waals surface area contributed by atoms with Crippen LogP contribution in [-0.4, -0.2) is 50.3 Å². The van der Waals surface area contributed by atoms with Crippen LogP contribution in [0.25, 0.3) is 11.0 Å². The van der Waals surface area contributed by atoms with Crippen molar-refractivity contribution >= 4 is 16.9 Å². The van der Waals surface area contributed by atoms with E-state index in [-0.39, 0.29) is 0 Å². The van der Waals surface area contributed by atoms with Gasteiger partial charge < -0.3 is 20.2 Å². The van der Waals surface area contributed by atoms with Crippen molar-refractivity contribution in [1.82, 2.24) is 10.2 Å². The SMILES string of the molecule is Cc1c(CN=C(N)NCCCN2CCOCC2)oc2ccccc12. The Hall–Kier alpha value is -2.05. The van der Waals surface area contributed by atoms with E-state index in [1.807, 2.05) is 18.2 Å². The highest BCUT2D eigenvalue weighted by atomic mass is 16.5. The van der Waals surface area contributed by atoms with Crippen LogP contribution in [0.3, 0.4) is 0 Å². The number of para-hydroxylation sites is 1. The summed E-state index contributed by atoms with van der Waals surface area (Å²) in [5, 5.41) is 4.31. The molecule has 24 heavy (non-hydrogen) atoms. The van der Waals surface area contributed by atoms with Gasteiger partial charge in [0.1, 0.15) is 17.9 Å². The zero-order chi connectivity index (χ0) is 16.8. The first-order valence-corrected chi connectivity index (χ1v) is 8.55. The van der Waals surface area contributed by atoms with Gasteiger partial charge in [0.2, 0.25) is 0 Å². The van der Waals surface area contributed by atoms with Crippen LogP contribution in [0, 0.1) is 6.92 Å². The van der Waals surface area contributed by atoms with E-state index >= 15 is 0 Å². The zero-order valence-electron chi connectivity index (χ0n) is 14.3. The number of morpholine rings is 1. The lowest BCUT2D eigenvalue weighted by molar-refractivity contribution is 0.0376. The monoisotopic (exact) mass is 330 g/mol. The molecule has 2 aromatic rings. The maximum absolute atomic E-state index is 5.95. The second-order valence-corrected chi connectivity index (χ2v) is 6.08. The van der Waals surface area contributed by atoms with Crippen LogP contribution in [0.1, 0.15) is 17.7 Å². The number of hydrogen-bond acceptors (Lipinski definition) is 4. The molecule has 130 valence electrons. The number of nitrogens with zero attached hydrogens (tertiary/aromatic N) is 2. The summed E-state index contributed by atoms with van der Waals surface area (Å²) in [5.74, 6) is 1.34. The minimum Gasteiger partial charge on any atom is -0.459 e. The summed E-state index contributed by atoms with van der Waals surface area (Å²) in [6.45, 7) is 8.13. The second-order valence-electron chi connectivity index (χ2n) is 6.08. The van der Waals surface area contributed by atoms with Gasteiger partial charge in [-0.15, -0.1) is 0 Å². The second kappa shape index (κ2) is 8.17. The number of guanidine groups is 1. The molecule has 0 radical (unpaired) electrons. The topological polar surface area (TPSA) is 76.0 Å². The van der Waals surface area contributed by atoms with Gasteiger partial charge in [-0.1, -0.05) is 18.2 Å². The van der Waals surface area contributed by atoms with Crippen LogP contribution >= 0.6 is 0 Å². The Morgan fingerprint density at radius 3 is 2.88 bits per heavy atom. The van der Waals surface area contributed by atoms with Crippen LogP contribution in [0.4, 0.5) is 0 Å². The molecule has 0 amide bonds. The number of ether oxygens (including phenoxy) is 1. The lowest BCUT2D eigenvalue weighted by atomic mass is 10.1. The Labute approximate surface area is 142 Å². The predicted molar refractivity (Wildman–Crippen MR) is 96.2 cm³/mol. The Bertz CT molecular complexity index is 689. The maximum Gasteiger partial charge on any atom is 0.189 e. The van der Waals surface area contributed by atoms with Crippen LogP contribution < -0.4 is 11.1 Å². The number of nitrogens with one attached hydrogen (secondary N) is 1. The van der Waals surface area contributed by atoms with E-state index in [4.69, 9.17) is 14.9 Å². The molecule has 3 rings (SSSR count). The minimum atomic E-state index is 0.461. The minimum absolute atomic E-state index is 0.461. The molecule has 0 atom stereocenters. The highest BCUT2D eigenvalue weighted by Crippen LogP contribution is 2.25. The fraction of sp³-hybridized carbons (Fsp3) is 0.500. The quantitative estimate of drug-likeness (QED) is 0.480. The van der Waals surface area contributed by atoms with Gasteiger partial charge >= 0.3 is 0 Å². The molecule has 1 aliphatic heterocycles. The molecule has 1 fully saturated rings. The molecule has 0 bridgehead atoms. The number of benzene rings is 1. The summed E-state index contributed by atoms with van der Waals surface area (Å²) < 4.78 is 11.2. The van der Waals surface area contributed by atoms with Crippen LogP contribution in [0.2, 0.25) is 0 Å². The summed E-state index contributed by atoms with van der Waals surface area (Å²) in [6.07, 6.45) is 1.04. The number of rotatable bonds is 6. The first-order chi connectivity index (χ1) is 11.7. The third-order valence-corrected chi connectivity index (χ3v) is 4.40. The van der Waals surface area contributed by atoms with Gasteiger partial charge in [0, 0.05) is 30.6 Å². The number of aliphatic imine (C=N–C) groups is 1. The molecule has 0 saturated carbocycles. The van der Waals surface area contributed by atoms with Crippen LogP contribution in [-0.2, 0) is 11.3 Å². The van der Waals surface area contributed by atoms with Crippen molar-refractivity contribution in [2.45, 2.75) is 19.9 Å². The van der Waals surface area contributed by atoms with Gasteiger partial charge in [0.15, 0.2) is 5.96 Å². The molecular formula is C18H26N4O2. The summed E-state index contributed by atoms with van der Waals surface area (Å²) in [5.41, 5.74) is 7.98. The van der Waals surface area contributed by atoms with E-state index in [0.717, 1.165) is 68.1 Å². The molecule has 1 saturated heterocycles. The van der Waals surface area contributed by atoms with Gasteiger partial charge in [-0.05, 0) is 26.0 Å². The summed E-state index contributed by atoms with van der Waals surface area (Å²) in [7, 11) is 0. The lowest BCUT2D eigenvalue weighted by Crippen LogP contribution is -2.39. The van der Waals surface area contributed by atoms with Crippen LogP contribution in [0.15, 0.2) is 33.7 Å². The van der Waals surface area contributed by atoms with Crippen molar-refractivity contribution in [2.24, 2.45) is 10.7 Å². The lowest BCUT2D eigenvalue weighted by Gasteiger charge is -2.26. The Morgan fingerprint density at radius 1 is 1.29 bits per heavy atom. The number of hydrogen-bond donors (Lipinski definition) is 2. The zero-order valence-corrected chi connectivity index (χ0v) is 14.3. The molecule has 3 N–H and O–H groups in total. The molecule has 0 unspecified atom stereocenters. The van der Waals surface area contributed by atoms with Crippen molar-refractivity contribution in [3.05, 3.63) is 35.6 Å². The molecule has 0 aliphatic carbocycles. The van der Waals surface area contributed by atoms with Crippen molar-refractivity contribution in [3.63, 3.8) is 0 Å². The highest BCUT2D eigenvalue weighted by molar-refractivity contribution is 5.82. The molecule has 1 aliphatic rings.